The Morgan fingerprint density at radius 3 is 2.05 bits per heavy atom. The van der Waals surface area contributed by atoms with Crippen LogP contribution in [0, 0.1) is 27.7 Å². The van der Waals surface area contributed by atoms with Crippen LogP contribution < -0.4 is 0 Å². The van der Waals surface area contributed by atoms with Crippen LogP contribution in [0.4, 0.5) is 0 Å². The molecule has 19 heavy (non-hydrogen) atoms. The Bertz CT molecular complexity index is 561. The second-order valence-corrected chi connectivity index (χ2v) is 5.46. The van der Waals surface area contributed by atoms with Crippen LogP contribution in [0.1, 0.15) is 39.5 Å². The van der Waals surface area contributed by atoms with E-state index in [2.05, 4.69) is 52.0 Å². The number of hydrogen-bond donors (Lipinski definition) is 1. The van der Waals surface area contributed by atoms with Gasteiger partial charge in [0.15, 0.2) is 0 Å². The first-order valence-electron chi connectivity index (χ1n) is 6.79. The lowest BCUT2D eigenvalue weighted by Crippen LogP contribution is -2.07. The van der Waals surface area contributed by atoms with E-state index in [0.29, 0.717) is 6.42 Å². The number of aliphatic hydroxyl groups is 1. The molecule has 0 saturated carbocycles. The normalized spacial score (nSPS) is 12.5. The van der Waals surface area contributed by atoms with Gasteiger partial charge in [0.25, 0.3) is 0 Å². The summed E-state index contributed by atoms with van der Waals surface area (Å²) in [7, 11) is 0. The van der Waals surface area contributed by atoms with Crippen molar-refractivity contribution in [3.8, 4) is 0 Å². The molecular formula is C18H22O. The molecule has 0 amide bonds. The van der Waals surface area contributed by atoms with Gasteiger partial charge in [0.05, 0.1) is 6.10 Å². The lowest BCUT2D eigenvalue weighted by Gasteiger charge is -2.18. The molecule has 0 radical (unpaired) electrons. The van der Waals surface area contributed by atoms with Crippen molar-refractivity contribution in [2.45, 2.75) is 40.2 Å². The van der Waals surface area contributed by atoms with Crippen LogP contribution in [0.2, 0.25) is 0 Å². The maximum atomic E-state index is 10.6. The largest absolute Gasteiger partial charge is 0.388 e. The van der Waals surface area contributed by atoms with Crippen molar-refractivity contribution in [3.05, 3.63) is 69.8 Å². The first-order chi connectivity index (χ1) is 8.99. The minimum Gasteiger partial charge on any atom is -0.388 e. The molecule has 2 aromatic carbocycles. The molecule has 1 atom stereocenters. The molecule has 0 saturated heterocycles. The van der Waals surface area contributed by atoms with Gasteiger partial charge in [0.2, 0.25) is 0 Å². The molecule has 0 heterocycles. The van der Waals surface area contributed by atoms with Gasteiger partial charge in [-0.15, -0.1) is 0 Å². The lowest BCUT2D eigenvalue weighted by atomic mass is 9.91. The predicted octanol–water partition coefficient (Wildman–Crippen LogP) is 4.20. The van der Waals surface area contributed by atoms with E-state index in [0.717, 1.165) is 5.56 Å². The maximum absolute atomic E-state index is 10.6. The fourth-order valence-electron chi connectivity index (χ4n) is 2.87. The molecule has 0 aliphatic rings. The molecular weight excluding hydrogens is 232 g/mol. The number of aryl methyl sites for hydroxylation is 4. The summed E-state index contributed by atoms with van der Waals surface area (Å²) in [6, 6.07) is 12.5. The van der Waals surface area contributed by atoms with Crippen LogP contribution in [0.5, 0.6) is 0 Å². The Hall–Kier alpha value is -1.60. The molecule has 1 N–H and O–H groups in total. The van der Waals surface area contributed by atoms with Gasteiger partial charge in [-0.2, -0.15) is 0 Å². The predicted molar refractivity (Wildman–Crippen MR) is 80.5 cm³/mol. The molecule has 1 heteroatoms. The Labute approximate surface area is 115 Å². The zero-order valence-electron chi connectivity index (χ0n) is 12.2. The van der Waals surface area contributed by atoms with Crippen molar-refractivity contribution in [1.82, 2.24) is 0 Å². The van der Waals surface area contributed by atoms with E-state index in [1.54, 1.807) is 0 Å². The lowest BCUT2D eigenvalue weighted by molar-refractivity contribution is 0.177. The molecule has 1 unspecified atom stereocenters. The molecule has 0 aromatic heterocycles. The summed E-state index contributed by atoms with van der Waals surface area (Å²) in [6.07, 6.45) is 0.249. The van der Waals surface area contributed by atoms with Crippen molar-refractivity contribution < 1.29 is 5.11 Å². The van der Waals surface area contributed by atoms with Crippen molar-refractivity contribution in [1.29, 1.82) is 0 Å². The molecule has 0 bridgehead atoms. The second-order valence-electron chi connectivity index (χ2n) is 5.46. The van der Waals surface area contributed by atoms with Gasteiger partial charge in [-0.25, -0.2) is 0 Å². The van der Waals surface area contributed by atoms with E-state index in [4.69, 9.17) is 0 Å². The molecule has 100 valence electrons. The number of aliphatic hydroxyl groups excluding tert-OH is 1. The third-order valence-corrected chi connectivity index (χ3v) is 3.75. The van der Waals surface area contributed by atoms with E-state index in [9.17, 15) is 5.11 Å². The third kappa shape index (κ3) is 3.05. The highest BCUT2D eigenvalue weighted by Crippen LogP contribution is 2.27. The van der Waals surface area contributed by atoms with Crippen LogP contribution in [0.3, 0.4) is 0 Å². The summed E-state index contributed by atoms with van der Waals surface area (Å²) in [5.74, 6) is 0. The van der Waals surface area contributed by atoms with Crippen molar-refractivity contribution in [2.75, 3.05) is 0 Å². The summed E-state index contributed by atoms with van der Waals surface area (Å²) >= 11 is 0. The van der Waals surface area contributed by atoms with E-state index in [1.807, 2.05) is 12.1 Å². The highest BCUT2D eigenvalue weighted by molar-refractivity contribution is 5.40. The summed E-state index contributed by atoms with van der Waals surface area (Å²) in [6.45, 7) is 8.35. The minimum atomic E-state index is -0.429. The molecule has 0 aliphatic carbocycles. The molecule has 2 aromatic rings. The Balaban J connectivity index is 2.31. The van der Waals surface area contributed by atoms with Crippen LogP contribution in [-0.4, -0.2) is 5.11 Å². The fraction of sp³-hybridized carbons (Fsp3) is 0.333. The molecule has 0 fully saturated rings. The Morgan fingerprint density at radius 2 is 1.47 bits per heavy atom. The maximum Gasteiger partial charge on any atom is 0.0835 e. The number of benzene rings is 2. The first kappa shape index (κ1) is 13.8. The average Bonchev–Trinajstić information content (AvgIpc) is 2.30. The number of rotatable bonds is 3. The Kier molecular flexibility index (Phi) is 4.06. The van der Waals surface area contributed by atoms with Gasteiger partial charge in [-0.1, -0.05) is 42.0 Å². The third-order valence-electron chi connectivity index (χ3n) is 3.75. The smallest absolute Gasteiger partial charge is 0.0835 e. The van der Waals surface area contributed by atoms with Crippen LogP contribution in [-0.2, 0) is 6.42 Å². The topological polar surface area (TPSA) is 20.2 Å². The van der Waals surface area contributed by atoms with Gasteiger partial charge in [0.1, 0.15) is 0 Å². The van der Waals surface area contributed by atoms with E-state index >= 15 is 0 Å². The average molecular weight is 254 g/mol. The van der Waals surface area contributed by atoms with Crippen LogP contribution >= 0.6 is 0 Å². The van der Waals surface area contributed by atoms with Gasteiger partial charge < -0.3 is 5.11 Å². The van der Waals surface area contributed by atoms with Crippen molar-refractivity contribution >= 4 is 0 Å². The number of hydrogen-bond acceptors (Lipinski definition) is 1. The van der Waals surface area contributed by atoms with Gasteiger partial charge in [-0.05, 0) is 55.5 Å². The van der Waals surface area contributed by atoms with Crippen molar-refractivity contribution in [2.24, 2.45) is 0 Å². The van der Waals surface area contributed by atoms with Crippen LogP contribution in [0.25, 0.3) is 0 Å². The van der Waals surface area contributed by atoms with E-state index < -0.39 is 6.10 Å². The summed E-state index contributed by atoms with van der Waals surface area (Å²) in [5.41, 5.74) is 7.14. The molecule has 1 nitrogen and oxygen atoms in total. The molecule has 0 aliphatic heterocycles. The highest BCUT2D eigenvalue weighted by Gasteiger charge is 2.15. The summed E-state index contributed by atoms with van der Waals surface area (Å²) in [4.78, 5) is 0. The van der Waals surface area contributed by atoms with E-state index in [1.165, 1.54) is 27.8 Å². The zero-order valence-corrected chi connectivity index (χ0v) is 12.2. The zero-order chi connectivity index (χ0) is 14.0. The van der Waals surface area contributed by atoms with Gasteiger partial charge in [0, 0.05) is 6.42 Å². The second kappa shape index (κ2) is 5.58. The summed E-state index contributed by atoms with van der Waals surface area (Å²) < 4.78 is 0. The highest BCUT2D eigenvalue weighted by atomic mass is 16.3. The molecule has 0 spiro atoms. The summed E-state index contributed by atoms with van der Waals surface area (Å²) in [5, 5.41) is 10.6. The monoisotopic (exact) mass is 254 g/mol. The fourth-order valence-corrected chi connectivity index (χ4v) is 2.87. The molecule has 2 rings (SSSR count). The van der Waals surface area contributed by atoms with Crippen LogP contribution in [0.15, 0.2) is 36.4 Å². The minimum absolute atomic E-state index is 0.429. The van der Waals surface area contributed by atoms with Gasteiger partial charge in [-0.3, -0.25) is 0 Å². The quantitative estimate of drug-likeness (QED) is 0.870. The van der Waals surface area contributed by atoms with Crippen molar-refractivity contribution in [3.63, 3.8) is 0 Å². The first-order valence-corrected chi connectivity index (χ1v) is 6.79. The van der Waals surface area contributed by atoms with E-state index in [-0.39, 0.29) is 0 Å². The standard InChI is InChI=1S/C18H22O/c1-12-9-14(3)18(15(4)10-12)17(19)11-16-8-6-5-7-13(16)2/h5-10,17,19H,11H2,1-4H3. The van der Waals surface area contributed by atoms with Gasteiger partial charge >= 0.3 is 0 Å². The Morgan fingerprint density at radius 1 is 0.895 bits per heavy atom. The SMILES string of the molecule is Cc1cc(C)c(C(O)Cc2ccccc2C)c(C)c1.